The monoisotopic (exact) mass is 460 g/mol. The van der Waals surface area contributed by atoms with Crippen molar-refractivity contribution < 1.29 is 29.0 Å². The lowest BCUT2D eigenvalue weighted by atomic mass is 9.76. The molecular weight excluding hydrogens is 424 g/mol. The number of ether oxygens (including phenoxy) is 2. The second-order valence-electron chi connectivity index (χ2n) is 9.21. The second kappa shape index (κ2) is 12.0. The quantitative estimate of drug-likeness (QED) is 0.494. The van der Waals surface area contributed by atoms with E-state index in [4.69, 9.17) is 19.4 Å². The third kappa shape index (κ3) is 6.69. The summed E-state index contributed by atoms with van der Waals surface area (Å²) in [6.45, 7) is 4.22. The molecule has 3 aliphatic heterocycles. The average Bonchev–Trinajstić information content (AvgIpc) is 3.43. The lowest BCUT2D eigenvalue weighted by molar-refractivity contribution is -0.152. The maximum Gasteiger partial charge on any atom is 0.312 e. The van der Waals surface area contributed by atoms with Crippen LogP contribution in [0.5, 0.6) is 5.75 Å². The Morgan fingerprint density at radius 3 is 2.42 bits per heavy atom. The van der Waals surface area contributed by atoms with E-state index in [0.717, 1.165) is 57.5 Å². The van der Waals surface area contributed by atoms with Crippen molar-refractivity contribution in [3.05, 3.63) is 29.8 Å². The first-order chi connectivity index (χ1) is 16.0. The van der Waals surface area contributed by atoms with E-state index in [1.807, 2.05) is 17.0 Å². The van der Waals surface area contributed by atoms with Crippen LogP contribution in [0.25, 0.3) is 0 Å². The standard InChI is InChI=1S/C24H34N2O4.CH2O2/c1-29-20-9-7-19(8-10-20)5-4-6-22(27)26-15-11-24(12-16-26)17-21(30-23(24)28)18-25-13-2-3-14-25;2-1-3/h7-10,21H,2-6,11-18H2,1H3;1H,(H,2,3). The van der Waals surface area contributed by atoms with Crippen LogP contribution in [0.15, 0.2) is 24.3 Å². The van der Waals surface area contributed by atoms with Crippen molar-refractivity contribution in [1.82, 2.24) is 9.80 Å². The van der Waals surface area contributed by atoms with E-state index in [9.17, 15) is 9.59 Å². The molecule has 33 heavy (non-hydrogen) atoms. The molecular formula is C25H36N2O6. The summed E-state index contributed by atoms with van der Waals surface area (Å²) in [5, 5.41) is 6.89. The number of nitrogens with zero attached hydrogens (tertiary/aromatic N) is 2. The van der Waals surface area contributed by atoms with Crippen LogP contribution in [0, 0.1) is 5.41 Å². The third-order valence-corrected chi connectivity index (χ3v) is 7.07. The van der Waals surface area contributed by atoms with Crippen molar-refractivity contribution in [1.29, 1.82) is 0 Å². The topological polar surface area (TPSA) is 96.4 Å². The van der Waals surface area contributed by atoms with E-state index in [1.54, 1.807) is 7.11 Å². The highest BCUT2D eigenvalue weighted by atomic mass is 16.6. The Bertz CT molecular complexity index is 783. The van der Waals surface area contributed by atoms with E-state index in [0.29, 0.717) is 19.5 Å². The summed E-state index contributed by atoms with van der Waals surface area (Å²) in [6.07, 6.45) is 7.12. The number of hydrogen-bond donors (Lipinski definition) is 1. The van der Waals surface area contributed by atoms with Crippen molar-refractivity contribution in [2.45, 2.75) is 57.5 Å². The number of aryl methyl sites for hydroxylation is 1. The van der Waals surface area contributed by atoms with Crippen molar-refractivity contribution in [2.75, 3.05) is 39.8 Å². The predicted molar refractivity (Wildman–Crippen MR) is 123 cm³/mol. The molecule has 3 fully saturated rings. The zero-order chi connectivity index (χ0) is 23.7. The number of carbonyl (C=O) groups excluding carboxylic acids is 2. The lowest BCUT2D eigenvalue weighted by Gasteiger charge is -2.36. The average molecular weight is 461 g/mol. The maximum atomic E-state index is 12.7. The van der Waals surface area contributed by atoms with Gasteiger partial charge >= 0.3 is 5.97 Å². The van der Waals surface area contributed by atoms with Gasteiger partial charge in [0.05, 0.1) is 12.5 Å². The molecule has 182 valence electrons. The summed E-state index contributed by atoms with van der Waals surface area (Å²) >= 11 is 0. The SMILES string of the molecule is COc1ccc(CCCC(=O)N2CCC3(CC2)CC(CN2CCCC2)OC3=O)cc1.O=CO. The summed E-state index contributed by atoms with van der Waals surface area (Å²) < 4.78 is 10.9. The molecule has 8 nitrogen and oxygen atoms in total. The number of rotatable bonds is 7. The molecule has 3 heterocycles. The Morgan fingerprint density at radius 1 is 1.18 bits per heavy atom. The molecule has 1 aromatic carbocycles. The molecule has 0 radical (unpaired) electrons. The van der Waals surface area contributed by atoms with Gasteiger partial charge in [0.25, 0.3) is 6.47 Å². The van der Waals surface area contributed by atoms with Crippen LogP contribution >= 0.6 is 0 Å². The number of amides is 1. The Kier molecular flexibility index (Phi) is 9.11. The number of carbonyl (C=O) groups is 3. The summed E-state index contributed by atoms with van der Waals surface area (Å²) in [7, 11) is 1.66. The van der Waals surface area contributed by atoms with Crippen LogP contribution < -0.4 is 4.74 Å². The van der Waals surface area contributed by atoms with Gasteiger partial charge in [0.2, 0.25) is 5.91 Å². The molecule has 0 aliphatic carbocycles. The number of benzene rings is 1. The van der Waals surface area contributed by atoms with E-state index >= 15 is 0 Å². The summed E-state index contributed by atoms with van der Waals surface area (Å²) in [4.78, 5) is 38.0. The number of esters is 1. The molecule has 1 unspecified atom stereocenters. The van der Waals surface area contributed by atoms with Gasteiger partial charge in [-0.15, -0.1) is 0 Å². The highest BCUT2D eigenvalue weighted by molar-refractivity contribution is 5.80. The van der Waals surface area contributed by atoms with Crippen LogP contribution in [-0.4, -0.2) is 79.2 Å². The van der Waals surface area contributed by atoms with Gasteiger partial charge in [-0.25, -0.2) is 0 Å². The van der Waals surface area contributed by atoms with E-state index in [1.165, 1.54) is 18.4 Å². The molecule has 1 spiro atoms. The fourth-order valence-electron chi connectivity index (χ4n) is 5.18. The van der Waals surface area contributed by atoms with Crippen LogP contribution in [-0.2, 0) is 25.5 Å². The van der Waals surface area contributed by atoms with Gasteiger partial charge in [-0.3, -0.25) is 19.3 Å². The molecule has 0 saturated carbocycles. The van der Waals surface area contributed by atoms with Gasteiger partial charge in [-0.2, -0.15) is 0 Å². The molecule has 3 saturated heterocycles. The molecule has 4 rings (SSSR count). The minimum absolute atomic E-state index is 0.0294. The van der Waals surface area contributed by atoms with E-state index < -0.39 is 0 Å². The third-order valence-electron chi connectivity index (χ3n) is 7.07. The van der Waals surface area contributed by atoms with Crippen molar-refractivity contribution in [3.63, 3.8) is 0 Å². The zero-order valence-electron chi connectivity index (χ0n) is 19.5. The van der Waals surface area contributed by atoms with E-state index in [-0.39, 0.29) is 29.9 Å². The minimum atomic E-state index is -0.357. The molecule has 3 aliphatic rings. The Labute approximate surface area is 195 Å². The number of piperidine rings is 1. The van der Waals surface area contributed by atoms with Gasteiger partial charge in [-0.05, 0) is 69.3 Å². The lowest BCUT2D eigenvalue weighted by Crippen LogP contribution is -2.45. The van der Waals surface area contributed by atoms with Gasteiger partial charge in [-0.1, -0.05) is 12.1 Å². The molecule has 0 aromatic heterocycles. The second-order valence-corrected chi connectivity index (χ2v) is 9.21. The van der Waals surface area contributed by atoms with Gasteiger partial charge in [0.15, 0.2) is 0 Å². The fourth-order valence-corrected chi connectivity index (χ4v) is 5.18. The summed E-state index contributed by atoms with van der Waals surface area (Å²) in [6, 6.07) is 8.02. The largest absolute Gasteiger partial charge is 0.497 e. The molecule has 8 heteroatoms. The molecule has 1 aromatic rings. The number of carboxylic acid groups (broad SMARTS) is 1. The highest BCUT2D eigenvalue weighted by Crippen LogP contribution is 2.43. The van der Waals surface area contributed by atoms with Gasteiger partial charge in [0, 0.05) is 32.5 Å². The first-order valence-electron chi connectivity index (χ1n) is 11.9. The molecule has 0 bridgehead atoms. The van der Waals surface area contributed by atoms with Crippen LogP contribution in [0.2, 0.25) is 0 Å². The smallest absolute Gasteiger partial charge is 0.312 e. The van der Waals surface area contributed by atoms with Crippen molar-refractivity contribution in [3.8, 4) is 5.75 Å². The van der Waals surface area contributed by atoms with Gasteiger partial charge < -0.3 is 19.5 Å². The Balaban J connectivity index is 0.000000968. The molecule has 1 atom stereocenters. The number of methoxy groups -OCH3 is 1. The number of hydrogen-bond acceptors (Lipinski definition) is 6. The molecule has 1 N–H and O–H groups in total. The normalized spacial score (nSPS) is 21.9. The van der Waals surface area contributed by atoms with Crippen LogP contribution in [0.1, 0.15) is 50.5 Å². The van der Waals surface area contributed by atoms with Crippen molar-refractivity contribution >= 4 is 18.3 Å². The first-order valence-corrected chi connectivity index (χ1v) is 11.9. The van der Waals surface area contributed by atoms with E-state index in [2.05, 4.69) is 17.0 Å². The maximum absolute atomic E-state index is 12.7. The highest BCUT2D eigenvalue weighted by Gasteiger charge is 2.51. The van der Waals surface area contributed by atoms with Crippen molar-refractivity contribution in [2.24, 2.45) is 5.41 Å². The Hall–Kier alpha value is -2.61. The van der Waals surface area contributed by atoms with Gasteiger partial charge in [0.1, 0.15) is 11.9 Å². The molecule has 1 amide bonds. The predicted octanol–water partition coefficient (Wildman–Crippen LogP) is 2.74. The van der Waals surface area contributed by atoms with Crippen LogP contribution in [0.3, 0.4) is 0 Å². The first kappa shape index (κ1) is 25.0. The fraction of sp³-hybridized carbons (Fsp3) is 0.640. The zero-order valence-corrected chi connectivity index (χ0v) is 19.5. The summed E-state index contributed by atoms with van der Waals surface area (Å²) in [5.41, 5.74) is 0.864. The Morgan fingerprint density at radius 2 is 1.82 bits per heavy atom. The number of cyclic esters (lactones) is 1. The number of likely N-dealkylation sites (tertiary alicyclic amines) is 2. The summed E-state index contributed by atoms with van der Waals surface area (Å²) in [5.74, 6) is 1.03. The minimum Gasteiger partial charge on any atom is -0.497 e. The van der Waals surface area contributed by atoms with Crippen LogP contribution in [0.4, 0.5) is 0 Å².